The van der Waals surface area contributed by atoms with Crippen LogP contribution in [0.1, 0.15) is 44.7 Å². The largest absolute Gasteiger partial charge is 0.454 e. The zero-order valence-electron chi connectivity index (χ0n) is 15.0. The third-order valence-electron chi connectivity index (χ3n) is 4.67. The molecule has 0 aromatic heterocycles. The van der Waals surface area contributed by atoms with Gasteiger partial charge >= 0.3 is 5.97 Å². The van der Waals surface area contributed by atoms with Gasteiger partial charge in [0.25, 0.3) is 0 Å². The minimum Gasteiger partial charge on any atom is -0.454 e. The van der Waals surface area contributed by atoms with Crippen molar-refractivity contribution >= 4 is 21.8 Å². The van der Waals surface area contributed by atoms with Gasteiger partial charge in [-0.05, 0) is 74.2 Å². The van der Waals surface area contributed by atoms with Crippen molar-refractivity contribution in [1.82, 2.24) is 4.72 Å². The van der Waals surface area contributed by atoms with Crippen molar-refractivity contribution in [2.75, 3.05) is 13.7 Å². The van der Waals surface area contributed by atoms with Crippen molar-refractivity contribution in [2.24, 2.45) is 0 Å². The Morgan fingerprint density at radius 2 is 1.59 bits per heavy atom. The van der Waals surface area contributed by atoms with Gasteiger partial charge in [0, 0.05) is 5.56 Å². The molecule has 3 rings (SSSR count). The van der Waals surface area contributed by atoms with Crippen LogP contribution in [0.2, 0.25) is 0 Å². The summed E-state index contributed by atoms with van der Waals surface area (Å²) in [6, 6.07) is 11.0. The molecule has 0 saturated carbocycles. The topological polar surface area (TPSA) is 89.5 Å². The average Bonchev–Trinajstić information content (AvgIpc) is 2.71. The van der Waals surface area contributed by atoms with Gasteiger partial charge < -0.3 is 4.74 Å². The SMILES string of the molecule is CNS(=O)(=O)c1ccc(C(=O)OCC(=O)c2ccc3c(c2)CCCC3)cc1. The molecule has 1 N–H and O–H groups in total. The number of sulfonamides is 1. The molecule has 27 heavy (non-hydrogen) atoms. The first-order valence-electron chi connectivity index (χ1n) is 8.76. The van der Waals surface area contributed by atoms with Gasteiger partial charge in [-0.2, -0.15) is 0 Å². The molecule has 6 nitrogen and oxygen atoms in total. The fourth-order valence-corrected chi connectivity index (χ4v) is 3.82. The van der Waals surface area contributed by atoms with E-state index in [1.807, 2.05) is 12.1 Å². The molecule has 0 atom stereocenters. The predicted molar refractivity (Wildman–Crippen MR) is 100 cm³/mol. The van der Waals surface area contributed by atoms with Crippen LogP contribution in [-0.2, 0) is 27.6 Å². The van der Waals surface area contributed by atoms with Gasteiger partial charge in [0.05, 0.1) is 10.5 Å². The Morgan fingerprint density at radius 3 is 2.26 bits per heavy atom. The number of ketones is 1. The number of carbonyl (C=O) groups excluding carboxylic acids is 2. The van der Waals surface area contributed by atoms with Gasteiger partial charge in [-0.15, -0.1) is 0 Å². The van der Waals surface area contributed by atoms with Gasteiger partial charge in [-0.25, -0.2) is 17.9 Å². The lowest BCUT2D eigenvalue weighted by Gasteiger charge is -2.16. The van der Waals surface area contributed by atoms with Crippen molar-refractivity contribution in [1.29, 1.82) is 0 Å². The van der Waals surface area contributed by atoms with E-state index >= 15 is 0 Å². The molecule has 0 heterocycles. The van der Waals surface area contributed by atoms with Crippen LogP contribution >= 0.6 is 0 Å². The van der Waals surface area contributed by atoms with Crippen molar-refractivity contribution in [3.8, 4) is 0 Å². The number of nitrogens with one attached hydrogen (secondary N) is 1. The summed E-state index contributed by atoms with van der Waals surface area (Å²) in [5, 5.41) is 0. The zero-order chi connectivity index (χ0) is 19.4. The summed E-state index contributed by atoms with van der Waals surface area (Å²) < 4.78 is 30.7. The van der Waals surface area contributed by atoms with Crippen molar-refractivity contribution in [2.45, 2.75) is 30.6 Å². The zero-order valence-corrected chi connectivity index (χ0v) is 15.8. The monoisotopic (exact) mass is 387 g/mol. The smallest absolute Gasteiger partial charge is 0.338 e. The summed E-state index contributed by atoms with van der Waals surface area (Å²) in [6.07, 6.45) is 4.31. The number of carbonyl (C=O) groups is 2. The predicted octanol–water partition coefficient (Wildman–Crippen LogP) is 2.51. The normalized spacial score (nSPS) is 13.7. The molecule has 1 aliphatic carbocycles. The Balaban J connectivity index is 1.62. The number of ether oxygens (including phenoxy) is 1. The van der Waals surface area contributed by atoms with Crippen LogP contribution in [0.15, 0.2) is 47.4 Å². The summed E-state index contributed by atoms with van der Waals surface area (Å²) in [5.41, 5.74) is 3.20. The first-order valence-corrected chi connectivity index (χ1v) is 10.2. The summed E-state index contributed by atoms with van der Waals surface area (Å²) in [5.74, 6) is -0.930. The van der Waals surface area contributed by atoms with E-state index in [0.29, 0.717) is 5.56 Å². The van der Waals surface area contributed by atoms with Crippen LogP contribution < -0.4 is 4.72 Å². The van der Waals surface area contributed by atoms with Gasteiger partial charge in [0.15, 0.2) is 12.4 Å². The Hall–Kier alpha value is -2.51. The maximum atomic E-state index is 12.3. The van der Waals surface area contributed by atoms with Crippen molar-refractivity contribution < 1.29 is 22.7 Å². The summed E-state index contributed by atoms with van der Waals surface area (Å²) in [6.45, 7) is -0.353. The maximum Gasteiger partial charge on any atom is 0.338 e. The molecular formula is C20H21NO5S. The van der Waals surface area contributed by atoms with E-state index in [1.54, 1.807) is 6.07 Å². The number of hydrogen-bond donors (Lipinski definition) is 1. The van der Waals surface area contributed by atoms with E-state index in [1.165, 1.54) is 48.9 Å². The van der Waals surface area contributed by atoms with Crippen LogP contribution in [0.4, 0.5) is 0 Å². The molecule has 2 aromatic carbocycles. The molecule has 0 fully saturated rings. The van der Waals surface area contributed by atoms with Crippen LogP contribution in [0, 0.1) is 0 Å². The van der Waals surface area contributed by atoms with Crippen LogP contribution in [0.3, 0.4) is 0 Å². The number of rotatable bonds is 6. The lowest BCUT2D eigenvalue weighted by Crippen LogP contribution is -2.19. The Kier molecular flexibility index (Phi) is 5.72. The number of aryl methyl sites for hydroxylation is 2. The van der Waals surface area contributed by atoms with E-state index in [9.17, 15) is 18.0 Å². The van der Waals surface area contributed by atoms with Gasteiger partial charge in [0.1, 0.15) is 0 Å². The molecule has 2 aromatic rings. The Morgan fingerprint density at radius 1 is 0.963 bits per heavy atom. The van der Waals surface area contributed by atoms with E-state index in [0.717, 1.165) is 19.3 Å². The third kappa shape index (κ3) is 4.43. The average molecular weight is 387 g/mol. The molecular weight excluding hydrogens is 366 g/mol. The second-order valence-corrected chi connectivity index (χ2v) is 8.31. The molecule has 0 aliphatic heterocycles. The Bertz CT molecular complexity index is 964. The first kappa shape index (κ1) is 19.3. The summed E-state index contributed by atoms with van der Waals surface area (Å²) >= 11 is 0. The molecule has 7 heteroatoms. The number of esters is 1. The fourth-order valence-electron chi connectivity index (χ4n) is 3.09. The van der Waals surface area contributed by atoms with Crippen LogP contribution in [0.5, 0.6) is 0 Å². The molecule has 0 spiro atoms. The molecule has 1 aliphatic rings. The highest BCUT2D eigenvalue weighted by Gasteiger charge is 2.16. The minimum absolute atomic E-state index is 0.0479. The van der Waals surface area contributed by atoms with Gasteiger partial charge in [-0.3, -0.25) is 4.79 Å². The van der Waals surface area contributed by atoms with Crippen LogP contribution in [0.25, 0.3) is 0 Å². The fraction of sp³-hybridized carbons (Fsp3) is 0.300. The molecule has 0 radical (unpaired) electrons. The maximum absolute atomic E-state index is 12.3. The van der Waals surface area contributed by atoms with E-state index in [-0.39, 0.29) is 22.8 Å². The summed E-state index contributed by atoms with van der Waals surface area (Å²) in [4.78, 5) is 24.5. The first-order chi connectivity index (χ1) is 12.9. The molecule has 0 amide bonds. The Labute approximate surface area is 158 Å². The highest BCUT2D eigenvalue weighted by Crippen LogP contribution is 2.22. The molecule has 142 valence electrons. The second kappa shape index (κ2) is 8.02. The number of fused-ring (bicyclic) bond motifs is 1. The van der Waals surface area contributed by atoms with Gasteiger partial charge in [-0.1, -0.05) is 12.1 Å². The molecule has 0 unspecified atom stereocenters. The third-order valence-corrected chi connectivity index (χ3v) is 6.10. The second-order valence-electron chi connectivity index (χ2n) is 6.42. The number of benzene rings is 2. The van der Waals surface area contributed by atoms with Crippen molar-refractivity contribution in [3.05, 3.63) is 64.7 Å². The highest BCUT2D eigenvalue weighted by molar-refractivity contribution is 7.89. The quantitative estimate of drug-likeness (QED) is 0.608. The van der Waals surface area contributed by atoms with Crippen molar-refractivity contribution in [3.63, 3.8) is 0 Å². The van der Waals surface area contributed by atoms with Crippen LogP contribution in [-0.4, -0.2) is 33.8 Å². The van der Waals surface area contributed by atoms with E-state index in [4.69, 9.17) is 4.74 Å². The molecule has 0 bridgehead atoms. The highest BCUT2D eigenvalue weighted by atomic mass is 32.2. The standard InChI is InChI=1S/C20H21NO5S/c1-21-27(24,25)18-10-8-15(9-11-18)20(23)26-13-19(22)17-7-6-14-4-2-3-5-16(14)12-17/h6-12,21H,2-5,13H2,1H3. The number of hydrogen-bond acceptors (Lipinski definition) is 5. The molecule has 0 saturated heterocycles. The number of Topliss-reactive ketones (excluding diaryl/α,β-unsaturated/α-hetero) is 1. The lowest BCUT2D eigenvalue weighted by atomic mass is 9.90. The van der Waals surface area contributed by atoms with E-state index in [2.05, 4.69) is 4.72 Å². The minimum atomic E-state index is -3.57. The summed E-state index contributed by atoms with van der Waals surface area (Å²) in [7, 11) is -2.26. The van der Waals surface area contributed by atoms with Gasteiger partial charge in [0.2, 0.25) is 10.0 Å². The van der Waals surface area contributed by atoms with E-state index < -0.39 is 16.0 Å². The lowest BCUT2D eigenvalue weighted by molar-refractivity contribution is 0.0474.